The van der Waals surface area contributed by atoms with E-state index in [4.69, 9.17) is 10.2 Å². The first kappa shape index (κ1) is 10.9. The van der Waals surface area contributed by atoms with Gasteiger partial charge in [-0.3, -0.25) is 4.79 Å². The Morgan fingerprint density at radius 1 is 1.75 bits per heavy atom. The van der Waals surface area contributed by atoms with E-state index in [-0.39, 0.29) is 24.4 Å². The molecule has 50 valence electrons. The third-order valence-electron chi connectivity index (χ3n) is 0.470. The van der Waals surface area contributed by atoms with Gasteiger partial charge in [-0.2, -0.15) is 0 Å². The zero-order valence-corrected chi connectivity index (χ0v) is 7.76. The van der Waals surface area contributed by atoms with Crippen LogP contribution in [-0.4, -0.2) is 40.2 Å². The van der Waals surface area contributed by atoms with Crippen LogP contribution < -0.4 is 0 Å². The Bertz CT molecular complexity index is 71.7. The minimum atomic E-state index is -0.963. The number of aliphatic hydroxyl groups is 1. The van der Waals surface area contributed by atoms with Crippen LogP contribution >= 0.6 is 0 Å². The summed E-state index contributed by atoms with van der Waals surface area (Å²) in [5, 5.41) is 16.3. The fourth-order valence-electron chi connectivity index (χ4n) is 0.253. The third-order valence-corrected chi connectivity index (χ3v) is 0.470. The van der Waals surface area contributed by atoms with Gasteiger partial charge in [-0.05, 0) is 6.92 Å². The van der Waals surface area contributed by atoms with Crippen molar-refractivity contribution in [3.63, 3.8) is 0 Å². The van der Waals surface area contributed by atoms with E-state index in [2.05, 4.69) is 0 Å². The molecule has 0 radical (unpaired) electrons. The fraction of sp³-hybridized carbons (Fsp3) is 0.750. The minimum absolute atomic E-state index is 0. The van der Waals surface area contributed by atoms with Crippen molar-refractivity contribution >= 4 is 23.9 Å². The molecule has 0 aromatic carbocycles. The summed E-state index contributed by atoms with van der Waals surface area (Å²) in [4.78, 5) is 9.65. The second kappa shape index (κ2) is 5.13. The molecule has 4 heteroatoms. The van der Waals surface area contributed by atoms with Gasteiger partial charge >= 0.3 is 23.9 Å². The van der Waals surface area contributed by atoms with Crippen LogP contribution in [0.15, 0.2) is 0 Å². The van der Waals surface area contributed by atoms with Crippen molar-refractivity contribution in [3.8, 4) is 0 Å². The van der Waals surface area contributed by atoms with Gasteiger partial charge in [0.2, 0.25) is 0 Å². The summed E-state index contributed by atoms with van der Waals surface area (Å²) in [6.45, 7) is 1.44. The van der Waals surface area contributed by atoms with Gasteiger partial charge in [0.05, 0.1) is 12.5 Å². The Kier molecular flexibility index (Phi) is 6.98. The molecular weight excluding hydrogens is 171 g/mol. The summed E-state index contributed by atoms with van der Waals surface area (Å²) in [6, 6.07) is 0. The molecule has 0 saturated carbocycles. The number of aliphatic carboxylic acids is 1. The van der Waals surface area contributed by atoms with Gasteiger partial charge in [0.15, 0.2) is 0 Å². The second-order valence-electron chi connectivity index (χ2n) is 1.45. The first-order valence-corrected chi connectivity index (χ1v) is 2.03. The predicted molar refractivity (Wildman–Crippen MR) is 33.9 cm³/mol. The molecule has 2 unspecified atom stereocenters. The molecule has 0 aliphatic heterocycles. The first-order valence-electron chi connectivity index (χ1n) is 2.03. The molecule has 8 heavy (non-hydrogen) atoms. The maximum atomic E-state index is 9.65. The molecule has 3 nitrogen and oxygen atoms in total. The van der Waals surface area contributed by atoms with Crippen LogP contribution in [0.3, 0.4) is 0 Å². The summed E-state index contributed by atoms with van der Waals surface area (Å²) < 4.78 is 0. The third kappa shape index (κ3) is 9.37. The second-order valence-corrected chi connectivity index (χ2v) is 1.45. The molecule has 0 bridgehead atoms. The standard InChI is InChI=1S/C4H8O3.AsH3/c1-3(5)2-4(6)7;/h3,5H,2H2,1H3,(H,6,7);1H3. The van der Waals surface area contributed by atoms with E-state index >= 15 is 0 Å². The average Bonchev–Trinajstić information content (AvgIpc) is 1.27. The quantitative estimate of drug-likeness (QED) is 0.519. The van der Waals surface area contributed by atoms with Crippen molar-refractivity contribution in [1.29, 1.82) is 0 Å². The van der Waals surface area contributed by atoms with Crippen molar-refractivity contribution in [1.82, 2.24) is 0 Å². The van der Waals surface area contributed by atoms with E-state index < -0.39 is 12.1 Å². The Morgan fingerprint density at radius 3 is 2.12 bits per heavy atom. The number of aliphatic hydroxyl groups excluding tert-OH is 1. The molecule has 0 aromatic heterocycles. The average molecular weight is 182 g/mol. The summed E-state index contributed by atoms with van der Waals surface area (Å²) in [6.07, 6.45) is -0.891. The van der Waals surface area contributed by atoms with Gasteiger partial charge in [0, 0.05) is 0 Å². The maximum absolute atomic E-state index is 9.65. The van der Waals surface area contributed by atoms with Crippen LogP contribution in [0.1, 0.15) is 13.3 Å². The van der Waals surface area contributed by atoms with Gasteiger partial charge < -0.3 is 10.2 Å². The molecule has 0 saturated heterocycles. The molecule has 0 aliphatic rings. The summed E-state index contributed by atoms with van der Waals surface area (Å²) in [5.41, 5.74) is 0. The molecule has 2 N–H and O–H groups in total. The molecule has 0 rings (SSSR count). The molecule has 0 heterocycles. The van der Waals surface area contributed by atoms with Crippen LogP contribution in [0, 0.1) is 0 Å². The van der Waals surface area contributed by atoms with Crippen molar-refractivity contribution in [2.24, 2.45) is 0 Å². The van der Waals surface area contributed by atoms with E-state index in [1.807, 2.05) is 0 Å². The summed E-state index contributed by atoms with van der Waals surface area (Å²) >= 11 is 0. The predicted octanol–water partition coefficient (Wildman–Crippen LogP) is -1.34. The molecule has 0 amide bonds. The topological polar surface area (TPSA) is 57.5 Å². The van der Waals surface area contributed by atoms with Crippen molar-refractivity contribution in [3.05, 3.63) is 0 Å². The Labute approximate surface area is 59.0 Å². The molecule has 0 aliphatic carbocycles. The van der Waals surface area contributed by atoms with E-state index in [1.165, 1.54) is 6.92 Å². The first-order chi connectivity index (χ1) is 3.13. The van der Waals surface area contributed by atoms with Gasteiger partial charge in [-0.25, -0.2) is 0 Å². The normalized spacial score (nSPS) is 11.8. The van der Waals surface area contributed by atoms with E-state index in [1.54, 1.807) is 0 Å². The van der Waals surface area contributed by atoms with E-state index in [9.17, 15) is 4.79 Å². The van der Waals surface area contributed by atoms with Crippen LogP contribution in [-0.2, 0) is 4.79 Å². The Balaban J connectivity index is 0. The number of carboxylic acids is 1. The van der Waals surface area contributed by atoms with Crippen LogP contribution in [0.25, 0.3) is 0 Å². The van der Waals surface area contributed by atoms with E-state index in [0.717, 1.165) is 0 Å². The van der Waals surface area contributed by atoms with Gasteiger partial charge in [-0.15, -0.1) is 0 Å². The molecule has 0 spiro atoms. The monoisotopic (exact) mass is 182 g/mol. The number of carbonyl (C=O) groups is 1. The SMILES string of the molecule is CC(O)CC(=O)O.[AsH3]. The Hall–Kier alpha value is -0.0116. The van der Waals surface area contributed by atoms with Crippen molar-refractivity contribution in [2.45, 2.75) is 19.4 Å². The fourth-order valence-corrected chi connectivity index (χ4v) is 0.253. The van der Waals surface area contributed by atoms with Gasteiger partial charge in [0.1, 0.15) is 0 Å². The summed E-state index contributed by atoms with van der Waals surface area (Å²) in [5.74, 6) is -0.963. The number of hydrogen-bond donors (Lipinski definition) is 2. The number of rotatable bonds is 2. The molecule has 0 fully saturated rings. The van der Waals surface area contributed by atoms with Crippen LogP contribution in [0.2, 0.25) is 0 Å². The zero-order valence-electron chi connectivity index (χ0n) is 4.79. The van der Waals surface area contributed by atoms with Crippen LogP contribution in [0.4, 0.5) is 0 Å². The zero-order chi connectivity index (χ0) is 5.86. The van der Waals surface area contributed by atoms with Gasteiger partial charge in [-0.1, -0.05) is 0 Å². The Morgan fingerprint density at radius 2 is 2.12 bits per heavy atom. The van der Waals surface area contributed by atoms with Crippen molar-refractivity contribution < 1.29 is 15.0 Å². The number of hydrogen-bond acceptors (Lipinski definition) is 2. The molecule has 2 atom stereocenters. The van der Waals surface area contributed by atoms with E-state index in [0.29, 0.717) is 0 Å². The number of carboxylic acid groups (broad SMARTS) is 1. The van der Waals surface area contributed by atoms with Crippen LogP contribution in [0.5, 0.6) is 0 Å². The summed E-state index contributed by atoms with van der Waals surface area (Å²) in [7, 11) is 0. The van der Waals surface area contributed by atoms with Crippen molar-refractivity contribution in [2.75, 3.05) is 0 Å². The van der Waals surface area contributed by atoms with Gasteiger partial charge in [0.25, 0.3) is 0 Å². The molecular formula is C4H11AsO3. The molecule has 0 aromatic rings.